The molecule has 0 spiro atoms. The molecule has 6 nitrogen and oxygen atoms in total. The van der Waals surface area contributed by atoms with Crippen molar-refractivity contribution in [2.75, 3.05) is 25.7 Å². The Balaban J connectivity index is 1.37. The zero-order valence-electron chi connectivity index (χ0n) is 14.5. The number of fused-ring (bicyclic) bond motifs is 2. The number of hydrogen-bond donors (Lipinski definition) is 1. The number of carbonyl (C=O) groups is 1. The zero-order chi connectivity index (χ0) is 18.1. The second kappa shape index (κ2) is 6.98. The summed E-state index contributed by atoms with van der Waals surface area (Å²) < 4.78 is 10.7. The molecule has 1 aliphatic heterocycles. The Morgan fingerprint density at radius 2 is 2.19 bits per heavy atom. The largest absolute Gasteiger partial charge is 0.454 e. The predicted octanol–water partition coefficient (Wildman–Crippen LogP) is 2.91. The molecule has 0 saturated carbocycles. The van der Waals surface area contributed by atoms with Gasteiger partial charge >= 0.3 is 0 Å². The van der Waals surface area contributed by atoms with Gasteiger partial charge in [-0.1, -0.05) is 6.07 Å². The number of nitriles is 1. The van der Waals surface area contributed by atoms with Crippen molar-refractivity contribution < 1.29 is 14.3 Å². The first-order chi connectivity index (χ1) is 12.6. The SMILES string of the molecule is CN(CC(=O)Nc1sc2c(c1C#N)CCC2)Cc1ccc2c(c1)OCO2. The maximum absolute atomic E-state index is 12.4. The molecule has 0 saturated heterocycles. The third kappa shape index (κ3) is 3.26. The number of nitrogens with zero attached hydrogens (tertiary/aromatic N) is 2. The number of hydrogen-bond acceptors (Lipinski definition) is 6. The van der Waals surface area contributed by atoms with E-state index >= 15 is 0 Å². The van der Waals surface area contributed by atoms with E-state index in [1.807, 2.05) is 30.1 Å². The first-order valence-corrected chi connectivity index (χ1v) is 9.37. The van der Waals surface area contributed by atoms with Gasteiger partial charge in [-0.3, -0.25) is 9.69 Å². The standard InChI is InChI=1S/C19H19N3O3S/c1-22(9-12-5-6-15-16(7-12)25-11-24-15)10-18(23)21-19-14(8-20)13-3-2-4-17(13)26-19/h5-7H,2-4,9-11H2,1H3,(H,21,23). The molecule has 1 aromatic heterocycles. The minimum atomic E-state index is -0.107. The first-order valence-electron chi connectivity index (χ1n) is 8.55. The van der Waals surface area contributed by atoms with Crippen molar-refractivity contribution in [3.8, 4) is 17.6 Å². The van der Waals surface area contributed by atoms with Crippen LogP contribution in [0.5, 0.6) is 11.5 Å². The number of ether oxygens (including phenoxy) is 2. The summed E-state index contributed by atoms with van der Waals surface area (Å²) >= 11 is 1.54. The van der Waals surface area contributed by atoms with Gasteiger partial charge in [0, 0.05) is 11.4 Å². The van der Waals surface area contributed by atoms with E-state index in [0.717, 1.165) is 41.9 Å². The molecule has 1 aliphatic carbocycles. The average molecular weight is 369 g/mol. The average Bonchev–Trinajstić information content (AvgIpc) is 3.29. The number of likely N-dealkylation sites (N-methyl/N-ethyl adjacent to an activating group) is 1. The molecule has 0 atom stereocenters. The summed E-state index contributed by atoms with van der Waals surface area (Å²) in [6, 6.07) is 8.05. The molecule has 7 heteroatoms. The molecule has 0 bridgehead atoms. The second-order valence-electron chi connectivity index (χ2n) is 6.58. The third-order valence-corrected chi connectivity index (χ3v) is 5.80. The molecule has 0 fully saturated rings. The van der Waals surface area contributed by atoms with Gasteiger partial charge in [-0.05, 0) is 49.6 Å². The van der Waals surface area contributed by atoms with E-state index in [1.165, 1.54) is 4.88 Å². The highest BCUT2D eigenvalue weighted by Crippen LogP contribution is 2.38. The highest BCUT2D eigenvalue weighted by Gasteiger charge is 2.23. The molecule has 1 aromatic carbocycles. The quantitative estimate of drug-likeness (QED) is 0.877. The lowest BCUT2D eigenvalue weighted by molar-refractivity contribution is -0.117. The van der Waals surface area contributed by atoms with Gasteiger partial charge in [-0.15, -0.1) is 11.3 Å². The molecule has 134 valence electrons. The molecule has 2 aromatic rings. The Morgan fingerprint density at radius 1 is 1.35 bits per heavy atom. The fraction of sp³-hybridized carbons (Fsp3) is 0.368. The second-order valence-corrected chi connectivity index (χ2v) is 7.69. The van der Waals surface area contributed by atoms with Crippen LogP contribution >= 0.6 is 11.3 Å². The van der Waals surface area contributed by atoms with Gasteiger partial charge in [-0.2, -0.15) is 5.26 Å². The van der Waals surface area contributed by atoms with Crippen LogP contribution in [0.25, 0.3) is 0 Å². The van der Waals surface area contributed by atoms with Crippen LogP contribution in [-0.2, 0) is 24.2 Å². The number of rotatable bonds is 5. The summed E-state index contributed by atoms with van der Waals surface area (Å²) in [5.41, 5.74) is 2.83. The lowest BCUT2D eigenvalue weighted by Crippen LogP contribution is -2.29. The van der Waals surface area contributed by atoms with Crippen molar-refractivity contribution >= 4 is 22.2 Å². The fourth-order valence-corrected chi connectivity index (χ4v) is 4.68. The normalized spacial score (nSPS) is 14.3. The van der Waals surface area contributed by atoms with Gasteiger partial charge in [-0.25, -0.2) is 0 Å². The Bertz CT molecular complexity index is 900. The molecule has 2 heterocycles. The van der Waals surface area contributed by atoms with Gasteiger partial charge in [0.15, 0.2) is 11.5 Å². The number of nitrogens with one attached hydrogen (secondary N) is 1. The van der Waals surface area contributed by atoms with Gasteiger partial charge in [0.05, 0.1) is 12.1 Å². The van der Waals surface area contributed by atoms with E-state index in [4.69, 9.17) is 9.47 Å². The summed E-state index contributed by atoms with van der Waals surface area (Å²) in [7, 11) is 1.89. The fourth-order valence-electron chi connectivity index (χ4n) is 3.43. The summed E-state index contributed by atoms with van der Waals surface area (Å²) in [4.78, 5) is 15.6. The first kappa shape index (κ1) is 16.9. The summed E-state index contributed by atoms with van der Waals surface area (Å²) in [5.74, 6) is 1.39. The number of anilines is 1. The molecule has 1 N–H and O–H groups in total. The Morgan fingerprint density at radius 3 is 3.04 bits per heavy atom. The molecule has 26 heavy (non-hydrogen) atoms. The molecule has 0 unspecified atom stereocenters. The van der Waals surface area contributed by atoms with E-state index in [2.05, 4.69) is 11.4 Å². The highest BCUT2D eigenvalue weighted by molar-refractivity contribution is 7.16. The van der Waals surface area contributed by atoms with E-state index in [9.17, 15) is 10.1 Å². The van der Waals surface area contributed by atoms with E-state index in [-0.39, 0.29) is 19.2 Å². The minimum absolute atomic E-state index is 0.107. The number of benzene rings is 1. The van der Waals surface area contributed by atoms with E-state index < -0.39 is 0 Å². The summed E-state index contributed by atoms with van der Waals surface area (Å²) in [6.45, 7) is 1.13. The van der Waals surface area contributed by atoms with Crippen LogP contribution in [0.2, 0.25) is 0 Å². The van der Waals surface area contributed by atoms with Crippen LogP contribution in [0, 0.1) is 11.3 Å². The van der Waals surface area contributed by atoms with Crippen LogP contribution in [-0.4, -0.2) is 31.2 Å². The van der Waals surface area contributed by atoms with Crippen molar-refractivity contribution in [2.45, 2.75) is 25.8 Å². The van der Waals surface area contributed by atoms with Gasteiger partial charge < -0.3 is 14.8 Å². The van der Waals surface area contributed by atoms with Crippen LogP contribution in [0.1, 0.15) is 28.0 Å². The number of amides is 1. The third-order valence-electron chi connectivity index (χ3n) is 4.59. The van der Waals surface area contributed by atoms with E-state index in [1.54, 1.807) is 11.3 Å². The van der Waals surface area contributed by atoms with Gasteiger partial charge in [0.25, 0.3) is 0 Å². The van der Waals surface area contributed by atoms with Crippen molar-refractivity contribution in [3.63, 3.8) is 0 Å². The zero-order valence-corrected chi connectivity index (χ0v) is 15.3. The number of carbonyl (C=O) groups excluding carboxylic acids is 1. The maximum Gasteiger partial charge on any atom is 0.239 e. The Kier molecular flexibility index (Phi) is 4.53. The van der Waals surface area contributed by atoms with Crippen molar-refractivity contribution in [1.29, 1.82) is 5.26 Å². The summed E-state index contributed by atoms with van der Waals surface area (Å²) in [5, 5.41) is 13.0. The predicted molar refractivity (Wildman–Crippen MR) is 98.6 cm³/mol. The lowest BCUT2D eigenvalue weighted by Gasteiger charge is -2.16. The molecular weight excluding hydrogens is 350 g/mol. The molecule has 0 radical (unpaired) electrons. The van der Waals surface area contributed by atoms with E-state index in [0.29, 0.717) is 17.1 Å². The van der Waals surface area contributed by atoms with Crippen LogP contribution in [0.4, 0.5) is 5.00 Å². The Hall–Kier alpha value is -2.56. The smallest absolute Gasteiger partial charge is 0.239 e. The van der Waals surface area contributed by atoms with Gasteiger partial charge in [0.2, 0.25) is 12.7 Å². The monoisotopic (exact) mass is 369 g/mol. The van der Waals surface area contributed by atoms with Crippen molar-refractivity contribution in [2.24, 2.45) is 0 Å². The minimum Gasteiger partial charge on any atom is -0.454 e. The molecule has 2 aliphatic rings. The highest BCUT2D eigenvalue weighted by atomic mass is 32.1. The molecular formula is C19H19N3O3S. The Labute approximate surface area is 155 Å². The molecule has 4 rings (SSSR count). The topological polar surface area (TPSA) is 74.6 Å². The maximum atomic E-state index is 12.4. The lowest BCUT2D eigenvalue weighted by atomic mass is 10.1. The van der Waals surface area contributed by atoms with Crippen LogP contribution in [0.15, 0.2) is 18.2 Å². The number of aryl methyl sites for hydroxylation is 1. The number of thiophene rings is 1. The van der Waals surface area contributed by atoms with Crippen molar-refractivity contribution in [1.82, 2.24) is 4.90 Å². The van der Waals surface area contributed by atoms with Crippen molar-refractivity contribution in [3.05, 3.63) is 39.8 Å². The van der Waals surface area contributed by atoms with Gasteiger partial charge in [0.1, 0.15) is 11.1 Å². The van der Waals surface area contributed by atoms with Crippen LogP contribution in [0.3, 0.4) is 0 Å². The van der Waals surface area contributed by atoms with Crippen LogP contribution < -0.4 is 14.8 Å². The molecule has 1 amide bonds. The summed E-state index contributed by atoms with van der Waals surface area (Å²) in [6.07, 6.45) is 3.05.